The first-order valence-electron chi connectivity index (χ1n) is 7.74. The highest BCUT2D eigenvalue weighted by Crippen LogP contribution is 2.21. The molecular weight excluding hydrogens is 256 g/mol. The van der Waals surface area contributed by atoms with E-state index >= 15 is 0 Å². The molecule has 0 aromatic heterocycles. The van der Waals surface area contributed by atoms with E-state index in [-0.39, 0.29) is 35.9 Å². The van der Waals surface area contributed by atoms with Gasteiger partial charge in [-0.25, -0.2) is 0 Å². The van der Waals surface area contributed by atoms with E-state index in [1.54, 1.807) is 0 Å². The average Bonchev–Trinajstić information content (AvgIpc) is 2.89. The number of nitrogens with one attached hydrogen (secondary N) is 1. The molecule has 0 saturated carbocycles. The zero-order chi connectivity index (χ0) is 14.7. The van der Waals surface area contributed by atoms with Gasteiger partial charge in [-0.05, 0) is 25.7 Å². The highest BCUT2D eigenvalue weighted by atomic mass is 16.5. The Bertz CT molecular complexity index is 366. The van der Waals surface area contributed by atoms with Crippen molar-refractivity contribution in [2.45, 2.75) is 64.6 Å². The minimum absolute atomic E-state index is 0.0222. The highest BCUT2D eigenvalue weighted by molar-refractivity contribution is 5.90. The van der Waals surface area contributed by atoms with E-state index in [0.29, 0.717) is 13.0 Å². The van der Waals surface area contributed by atoms with Crippen molar-refractivity contribution in [3.8, 4) is 0 Å². The average molecular weight is 282 g/mol. The van der Waals surface area contributed by atoms with Gasteiger partial charge in [0.15, 0.2) is 0 Å². The molecule has 5 heteroatoms. The lowest BCUT2D eigenvalue weighted by Crippen LogP contribution is -2.51. The number of nitrogens with zero attached hydrogens (tertiary/aromatic N) is 1. The van der Waals surface area contributed by atoms with Gasteiger partial charge in [0.25, 0.3) is 0 Å². The SMILES string of the molecule is CCC(C)C1NC(=O)CC(C)N(CC2CCCO2)C1=O. The Balaban J connectivity index is 2.13. The van der Waals surface area contributed by atoms with Crippen LogP contribution in [0, 0.1) is 5.92 Å². The van der Waals surface area contributed by atoms with Crippen LogP contribution in [-0.2, 0) is 14.3 Å². The zero-order valence-corrected chi connectivity index (χ0v) is 12.7. The molecule has 0 aliphatic carbocycles. The molecule has 4 atom stereocenters. The molecule has 2 aliphatic heterocycles. The third kappa shape index (κ3) is 3.32. The summed E-state index contributed by atoms with van der Waals surface area (Å²) in [5.41, 5.74) is 0. The maximum atomic E-state index is 12.7. The second kappa shape index (κ2) is 6.57. The normalized spacial score (nSPS) is 33.0. The van der Waals surface area contributed by atoms with Crippen LogP contribution in [-0.4, -0.2) is 48.1 Å². The number of carbonyl (C=O) groups excluding carboxylic acids is 2. The summed E-state index contributed by atoms with van der Waals surface area (Å²) >= 11 is 0. The lowest BCUT2D eigenvalue weighted by molar-refractivity contribution is -0.137. The number of hydrogen-bond acceptors (Lipinski definition) is 3. The molecule has 5 nitrogen and oxygen atoms in total. The van der Waals surface area contributed by atoms with Gasteiger partial charge in [0.2, 0.25) is 11.8 Å². The molecule has 2 amide bonds. The molecule has 0 aromatic rings. The summed E-state index contributed by atoms with van der Waals surface area (Å²) < 4.78 is 5.64. The Kier molecular flexibility index (Phi) is 5.02. The zero-order valence-electron chi connectivity index (χ0n) is 12.7. The summed E-state index contributed by atoms with van der Waals surface area (Å²) in [4.78, 5) is 26.5. The Labute approximate surface area is 121 Å². The molecule has 1 N–H and O–H groups in total. The van der Waals surface area contributed by atoms with E-state index in [0.717, 1.165) is 25.9 Å². The molecule has 2 rings (SSSR count). The third-order valence-corrected chi connectivity index (χ3v) is 4.52. The number of hydrogen-bond donors (Lipinski definition) is 1. The fourth-order valence-electron chi connectivity index (χ4n) is 2.97. The lowest BCUT2D eigenvalue weighted by atomic mass is 9.98. The predicted octanol–water partition coefficient (Wildman–Crippen LogP) is 1.32. The predicted molar refractivity (Wildman–Crippen MR) is 76.2 cm³/mol. The molecule has 2 heterocycles. The maximum absolute atomic E-state index is 12.7. The van der Waals surface area contributed by atoms with Crippen LogP contribution in [0.5, 0.6) is 0 Å². The second-order valence-electron chi connectivity index (χ2n) is 6.11. The largest absolute Gasteiger partial charge is 0.376 e. The number of carbonyl (C=O) groups is 2. The number of amides is 2. The number of ether oxygens (including phenoxy) is 1. The third-order valence-electron chi connectivity index (χ3n) is 4.52. The molecule has 4 unspecified atom stereocenters. The van der Waals surface area contributed by atoms with Gasteiger partial charge >= 0.3 is 0 Å². The van der Waals surface area contributed by atoms with Crippen LogP contribution in [0.15, 0.2) is 0 Å². The maximum Gasteiger partial charge on any atom is 0.245 e. The molecule has 2 fully saturated rings. The Morgan fingerprint density at radius 1 is 1.45 bits per heavy atom. The van der Waals surface area contributed by atoms with Gasteiger partial charge in [0.1, 0.15) is 6.04 Å². The van der Waals surface area contributed by atoms with Crippen LogP contribution in [0.3, 0.4) is 0 Å². The van der Waals surface area contributed by atoms with Crippen molar-refractivity contribution < 1.29 is 14.3 Å². The van der Waals surface area contributed by atoms with Crippen molar-refractivity contribution in [3.63, 3.8) is 0 Å². The first-order chi connectivity index (χ1) is 9.52. The first-order valence-corrected chi connectivity index (χ1v) is 7.74. The monoisotopic (exact) mass is 282 g/mol. The van der Waals surface area contributed by atoms with E-state index in [2.05, 4.69) is 5.32 Å². The quantitative estimate of drug-likeness (QED) is 0.846. The molecule has 2 saturated heterocycles. The van der Waals surface area contributed by atoms with Crippen LogP contribution in [0.2, 0.25) is 0 Å². The van der Waals surface area contributed by atoms with E-state index in [4.69, 9.17) is 4.74 Å². The van der Waals surface area contributed by atoms with Crippen LogP contribution >= 0.6 is 0 Å². The van der Waals surface area contributed by atoms with Gasteiger partial charge in [0, 0.05) is 25.6 Å². The summed E-state index contributed by atoms with van der Waals surface area (Å²) in [6, 6.07) is -0.445. The molecule has 0 bridgehead atoms. The molecule has 20 heavy (non-hydrogen) atoms. The molecule has 0 aromatic carbocycles. The van der Waals surface area contributed by atoms with Crippen molar-refractivity contribution in [3.05, 3.63) is 0 Å². The lowest BCUT2D eigenvalue weighted by Gasteiger charge is -2.32. The minimum Gasteiger partial charge on any atom is -0.376 e. The van der Waals surface area contributed by atoms with Crippen LogP contribution in [0.25, 0.3) is 0 Å². The summed E-state index contributed by atoms with van der Waals surface area (Å²) in [5, 5.41) is 2.89. The smallest absolute Gasteiger partial charge is 0.245 e. The van der Waals surface area contributed by atoms with Gasteiger partial charge < -0.3 is 15.0 Å². The molecule has 2 aliphatic rings. The summed E-state index contributed by atoms with van der Waals surface area (Å²) in [7, 11) is 0. The Hall–Kier alpha value is -1.10. The van der Waals surface area contributed by atoms with Crippen LogP contribution in [0.4, 0.5) is 0 Å². The molecule has 0 radical (unpaired) electrons. The van der Waals surface area contributed by atoms with Crippen LogP contribution < -0.4 is 5.32 Å². The minimum atomic E-state index is -0.390. The van der Waals surface area contributed by atoms with Crippen molar-refractivity contribution in [1.82, 2.24) is 10.2 Å². The molecule has 0 spiro atoms. The van der Waals surface area contributed by atoms with Gasteiger partial charge in [-0.1, -0.05) is 20.3 Å². The Morgan fingerprint density at radius 2 is 2.20 bits per heavy atom. The molecule has 114 valence electrons. The van der Waals surface area contributed by atoms with Gasteiger partial charge in [-0.15, -0.1) is 0 Å². The summed E-state index contributed by atoms with van der Waals surface area (Å²) in [6.45, 7) is 7.41. The topological polar surface area (TPSA) is 58.6 Å². The second-order valence-corrected chi connectivity index (χ2v) is 6.11. The Morgan fingerprint density at radius 3 is 2.80 bits per heavy atom. The first kappa shape index (κ1) is 15.3. The summed E-state index contributed by atoms with van der Waals surface area (Å²) in [6.07, 6.45) is 3.45. The number of rotatable bonds is 4. The van der Waals surface area contributed by atoms with Gasteiger partial charge in [-0.3, -0.25) is 9.59 Å². The highest BCUT2D eigenvalue weighted by Gasteiger charge is 2.37. The van der Waals surface area contributed by atoms with E-state index < -0.39 is 0 Å². The van der Waals surface area contributed by atoms with Gasteiger partial charge in [-0.2, -0.15) is 0 Å². The van der Waals surface area contributed by atoms with Crippen molar-refractivity contribution in [2.75, 3.05) is 13.2 Å². The van der Waals surface area contributed by atoms with Crippen molar-refractivity contribution >= 4 is 11.8 Å². The standard InChI is InChI=1S/C15H26N2O3/c1-4-10(2)14-15(19)17(9-12-6-5-7-20-12)11(3)8-13(18)16-14/h10-12,14H,4-9H2,1-3H3,(H,16,18). The van der Waals surface area contributed by atoms with Crippen molar-refractivity contribution in [2.24, 2.45) is 5.92 Å². The summed E-state index contributed by atoms with van der Waals surface area (Å²) in [5.74, 6) is 0.183. The van der Waals surface area contributed by atoms with Gasteiger partial charge in [0.05, 0.1) is 6.10 Å². The van der Waals surface area contributed by atoms with Crippen LogP contribution in [0.1, 0.15) is 46.5 Å². The van der Waals surface area contributed by atoms with E-state index in [1.807, 2.05) is 25.7 Å². The fourth-order valence-corrected chi connectivity index (χ4v) is 2.97. The van der Waals surface area contributed by atoms with E-state index in [1.165, 1.54) is 0 Å². The van der Waals surface area contributed by atoms with Crippen molar-refractivity contribution in [1.29, 1.82) is 0 Å². The molecular formula is C15H26N2O3. The fraction of sp³-hybridized carbons (Fsp3) is 0.867. The van der Waals surface area contributed by atoms with E-state index in [9.17, 15) is 9.59 Å².